The third kappa shape index (κ3) is 3.47. The molecule has 0 amide bonds. The van der Waals surface area contributed by atoms with Gasteiger partial charge in [-0.3, -0.25) is 4.79 Å². The smallest absolute Gasteiger partial charge is 0.158 e. The Morgan fingerprint density at radius 1 is 0.955 bits per heavy atom. The molecule has 0 radical (unpaired) electrons. The number of ketones is 1. The lowest BCUT2D eigenvalue weighted by Gasteiger charge is -2.34. The fraction of sp³-hybridized carbons (Fsp3) is 0.316. The Hall–Kier alpha value is -1.45. The van der Waals surface area contributed by atoms with E-state index in [1.54, 1.807) is 0 Å². The van der Waals surface area contributed by atoms with Crippen molar-refractivity contribution in [3.05, 3.63) is 71.8 Å². The average Bonchev–Trinajstić information content (AvgIpc) is 2.57. The molecule has 22 heavy (non-hydrogen) atoms. The second-order valence-corrected chi connectivity index (χ2v) is 6.31. The monoisotopic (exact) mass is 359 g/mol. The molecule has 116 valence electrons. The molecular formula is C19H22BrNO. The van der Waals surface area contributed by atoms with Crippen LogP contribution in [0.25, 0.3) is 0 Å². The minimum Gasteiger partial charge on any atom is -0.309 e. The molecule has 0 unspecified atom stereocenters. The molecule has 0 N–H and O–H groups in total. The van der Waals surface area contributed by atoms with Gasteiger partial charge in [-0.05, 0) is 38.2 Å². The summed E-state index contributed by atoms with van der Waals surface area (Å²) in [7, 11) is 4.08. The van der Waals surface area contributed by atoms with Crippen LogP contribution in [0.2, 0.25) is 0 Å². The number of carbonyl (C=O) groups excluding carboxylic acids is 1. The second kappa shape index (κ2) is 7.70. The van der Waals surface area contributed by atoms with Crippen molar-refractivity contribution in [2.75, 3.05) is 26.0 Å². The summed E-state index contributed by atoms with van der Waals surface area (Å²) >= 11 is 3.39. The maximum Gasteiger partial charge on any atom is 0.158 e. The van der Waals surface area contributed by atoms with Crippen LogP contribution in [0.15, 0.2) is 60.7 Å². The van der Waals surface area contributed by atoms with Gasteiger partial charge < -0.3 is 4.90 Å². The standard InChI is InChI=1S/C19H22BrNO/c1-21(2)14-13-19(18(22)15-20,16-9-5-3-6-10-16)17-11-7-4-8-12-17/h3-12H,13-15H2,1-2H3. The molecule has 2 nitrogen and oxygen atoms in total. The van der Waals surface area contributed by atoms with Gasteiger partial charge in [0, 0.05) is 0 Å². The molecule has 2 aromatic rings. The number of benzene rings is 2. The minimum absolute atomic E-state index is 0.201. The number of Topliss-reactive ketones (excluding diaryl/α,β-unsaturated/α-hetero) is 1. The Morgan fingerprint density at radius 2 is 1.41 bits per heavy atom. The molecule has 0 saturated heterocycles. The van der Waals surface area contributed by atoms with Crippen LogP contribution in [0.5, 0.6) is 0 Å². The van der Waals surface area contributed by atoms with E-state index in [1.807, 2.05) is 50.5 Å². The van der Waals surface area contributed by atoms with Gasteiger partial charge >= 0.3 is 0 Å². The fourth-order valence-corrected chi connectivity index (χ4v) is 3.35. The highest BCUT2D eigenvalue weighted by Crippen LogP contribution is 2.37. The van der Waals surface area contributed by atoms with Crippen LogP contribution in [-0.4, -0.2) is 36.7 Å². The van der Waals surface area contributed by atoms with Crippen molar-refractivity contribution < 1.29 is 4.79 Å². The molecule has 0 aliphatic carbocycles. The summed E-state index contributed by atoms with van der Waals surface area (Å²) in [6.45, 7) is 0.850. The normalized spacial score (nSPS) is 11.6. The van der Waals surface area contributed by atoms with Gasteiger partial charge in [0.25, 0.3) is 0 Å². The number of hydrogen-bond donors (Lipinski definition) is 0. The first kappa shape index (κ1) is 16.9. The van der Waals surface area contributed by atoms with Crippen LogP contribution < -0.4 is 0 Å². The highest BCUT2D eigenvalue weighted by Gasteiger charge is 2.40. The number of alkyl halides is 1. The van der Waals surface area contributed by atoms with Crippen LogP contribution in [0.4, 0.5) is 0 Å². The zero-order chi connectivity index (χ0) is 16.0. The number of nitrogens with zero attached hydrogens (tertiary/aromatic N) is 1. The lowest BCUT2D eigenvalue weighted by atomic mass is 9.69. The third-order valence-corrected chi connectivity index (χ3v) is 4.57. The number of rotatable bonds is 7. The molecule has 0 fully saturated rings. The van der Waals surface area contributed by atoms with E-state index in [2.05, 4.69) is 45.1 Å². The zero-order valence-electron chi connectivity index (χ0n) is 13.1. The Labute approximate surface area is 141 Å². The predicted molar refractivity (Wildman–Crippen MR) is 95.6 cm³/mol. The van der Waals surface area contributed by atoms with Crippen LogP contribution in [0, 0.1) is 0 Å². The van der Waals surface area contributed by atoms with Crippen molar-refractivity contribution >= 4 is 21.7 Å². The van der Waals surface area contributed by atoms with E-state index in [0.29, 0.717) is 5.33 Å². The highest BCUT2D eigenvalue weighted by molar-refractivity contribution is 9.09. The lowest BCUT2D eigenvalue weighted by molar-refractivity contribution is -0.120. The van der Waals surface area contributed by atoms with Gasteiger partial charge in [-0.15, -0.1) is 0 Å². The average molecular weight is 360 g/mol. The van der Waals surface area contributed by atoms with Crippen molar-refractivity contribution in [1.29, 1.82) is 0 Å². The van der Waals surface area contributed by atoms with E-state index < -0.39 is 5.41 Å². The van der Waals surface area contributed by atoms with E-state index in [1.165, 1.54) is 0 Å². The Balaban J connectivity index is 2.61. The zero-order valence-corrected chi connectivity index (χ0v) is 14.7. The molecule has 2 rings (SSSR count). The summed E-state index contributed by atoms with van der Waals surface area (Å²) in [5.41, 5.74) is 1.52. The van der Waals surface area contributed by atoms with Crippen molar-refractivity contribution in [3.8, 4) is 0 Å². The first-order valence-corrected chi connectivity index (χ1v) is 8.58. The summed E-state index contributed by atoms with van der Waals surface area (Å²) in [4.78, 5) is 15.1. The molecule has 0 bridgehead atoms. The SMILES string of the molecule is CN(C)CCC(C(=O)CBr)(c1ccccc1)c1ccccc1. The van der Waals surface area contributed by atoms with E-state index in [-0.39, 0.29) is 5.78 Å². The molecule has 0 spiro atoms. The minimum atomic E-state index is -0.601. The molecule has 0 atom stereocenters. The largest absolute Gasteiger partial charge is 0.309 e. The second-order valence-electron chi connectivity index (χ2n) is 5.75. The van der Waals surface area contributed by atoms with Gasteiger partial charge in [0.05, 0.1) is 10.7 Å². The number of halogens is 1. The topological polar surface area (TPSA) is 20.3 Å². The van der Waals surface area contributed by atoms with Gasteiger partial charge in [0.1, 0.15) is 0 Å². The van der Waals surface area contributed by atoms with Crippen molar-refractivity contribution in [2.45, 2.75) is 11.8 Å². The van der Waals surface area contributed by atoms with Gasteiger partial charge in [0.15, 0.2) is 5.78 Å². The predicted octanol–water partition coefficient (Wildman–Crippen LogP) is 3.89. The lowest BCUT2D eigenvalue weighted by Crippen LogP contribution is -2.40. The Morgan fingerprint density at radius 3 is 1.77 bits per heavy atom. The molecule has 0 aliphatic rings. The molecule has 3 heteroatoms. The van der Waals surface area contributed by atoms with Gasteiger partial charge in [-0.1, -0.05) is 76.6 Å². The molecule has 2 aromatic carbocycles. The van der Waals surface area contributed by atoms with Crippen molar-refractivity contribution in [1.82, 2.24) is 4.90 Å². The molecule has 0 saturated carbocycles. The number of carbonyl (C=O) groups is 1. The summed E-state index contributed by atoms with van der Waals surface area (Å²) in [5, 5.41) is 0.351. The van der Waals surface area contributed by atoms with Crippen LogP contribution >= 0.6 is 15.9 Å². The Kier molecular flexibility index (Phi) is 5.92. The summed E-state index contributed by atoms with van der Waals surface area (Å²) < 4.78 is 0. The maximum atomic E-state index is 13.0. The van der Waals surface area contributed by atoms with Crippen LogP contribution in [0.1, 0.15) is 17.5 Å². The summed E-state index contributed by atoms with van der Waals surface area (Å²) in [6.07, 6.45) is 0.762. The van der Waals surface area contributed by atoms with Crippen molar-refractivity contribution in [3.63, 3.8) is 0 Å². The van der Waals surface area contributed by atoms with Crippen molar-refractivity contribution in [2.24, 2.45) is 0 Å². The maximum absolute atomic E-state index is 13.0. The van der Waals surface area contributed by atoms with E-state index >= 15 is 0 Å². The quantitative estimate of drug-likeness (QED) is 0.699. The number of hydrogen-bond acceptors (Lipinski definition) is 2. The van der Waals surface area contributed by atoms with Gasteiger partial charge in [-0.2, -0.15) is 0 Å². The highest BCUT2D eigenvalue weighted by atomic mass is 79.9. The molecule has 0 aromatic heterocycles. The van der Waals surface area contributed by atoms with E-state index in [0.717, 1.165) is 24.1 Å². The molecular weight excluding hydrogens is 338 g/mol. The van der Waals surface area contributed by atoms with E-state index in [4.69, 9.17) is 0 Å². The van der Waals surface area contributed by atoms with Gasteiger partial charge in [0.2, 0.25) is 0 Å². The third-order valence-electron chi connectivity index (χ3n) is 4.06. The summed E-state index contributed by atoms with van der Waals surface area (Å²) in [5.74, 6) is 0.201. The van der Waals surface area contributed by atoms with Gasteiger partial charge in [-0.25, -0.2) is 0 Å². The van der Waals surface area contributed by atoms with E-state index in [9.17, 15) is 4.79 Å². The fourth-order valence-electron chi connectivity index (χ4n) is 2.87. The molecule has 0 heterocycles. The molecule has 0 aliphatic heterocycles. The van der Waals surface area contributed by atoms with Crippen LogP contribution in [-0.2, 0) is 10.2 Å². The first-order chi connectivity index (χ1) is 10.6. The van der Waals surface area contributed by atoms with Crippen LogP contribution in [0.3, 0.4) is 0 Å². The summed E-state index contributed by atoms with van der Waals surface area (Å²) in [6, 6.07) is 20.2. The Bertz CT molecular complexity index is 556. The first-order valence-electron chi connectivity index (χ1n) is 7.46.